The second-order valence-corrected chi connectivity index (χ2v) is 4.38. The number of hydrogen-bond donors (Lipinski definition) is 1. The SMILES string of the molecule is COc1c(C)cc(C(=N)c2nccnc2C#N)cc1C. The molecule has 5 nitrogen and oxygen atoms in total. The van der Waals surface area contributed by atoms with Crippen molar-refractivity contribution in [2.24, 2.45) is 0 Å². The fourth-order valence-electron chi connectivity index (χ4n) is 2.16. The molecule has 0 aliphatic carbocycles. The largest absolute Gasteiger partial charge is 0.496 e. The summed E-state index contributed by atoms with van der Waals surface area (Å²) in [4.78, 5) is 8.02. The molecule has 1 aromatic carbocycles. The van der Waals surface area contributed by atoms with Crippen LogP contribution in [0, 0.1) is 30.6 Å². The first-order valence-electron chi connectivity index (χ1n) is 6.04. The summed E-state index contributed by atoms with van der Waals surface area (Å²) < 4.78 is 5.31. The van der Waals surface area contributed by atoms with Crippen molar-refractivity contribution < 1.29 is 4.74 Å². The Labute approximate surface area is 117 Å². The topological polar surface area (TPSA) is 82.7 Å². The fraction of sp³-hybridized carbons (Fsp3) is 0.200. The van der Waals surface area contributed by atoms with Crippen LogP contribution in [0.1, 0.15) is 28.1 Å². The first-order chi connectivity index (χ1) is 9.58. The van der Waals surface area contributed by atoms with Gasteiger partial charge in [0.15, 0.2) is 5.69 Å². The monoisotopic (exact) mass is 266 g/mol. The summed E-state index contributed by atoms with van der Waals surface area (Å²) in [5.41, 5.74) is 3.20. The summed E-state index contributed by atoms with van der Waals surface area (Å²) in [6.45, 7) is 3.84. The Bertz CT molecular complexity index is 693. The summed E-state index contributed by atoms with van der Waals surface area (Å²) in [5.74, 6) is 0.807. The lowest BCUT2D eigenvalue weighted by molar-refractivity contribution is 0.408. The third kappa shape index (κ3) is 2.36. The van der Waals surface area contributed by atoms with Gasteiger partial charge in [-0.3, -0.25) is 5.41 Å². The molecule has 0 unspecified atom stereocenters. The second kappa shape index (κ2) is 5.49. The molecular weight excluding hydrogens is 252 g/mol. The molecule has 0 aliphatic rings. The van der Waals surface area contributed by atoms with E-state index in [1.54, 1.807) is 7.11 Å². The molecule has 100 valence electrons. The lowest BCUT2D eigenvalue weighted by Crippen LogP contribution is -2.09. The molecule has 0 amide bonds. The Balaban J connectivity index is 2.52. The van der Waals surface area contributed by atoms with Crippen molar-refractivity contribution in [1.82, 2.24) is 9.97 Å². The number of hydrogen-bond acceptors (Lipinski definition) is 5. The molecule has 0 spiro atoms. The molecule has 1 heterocycles. The van der Waals surface area contributed by atoms with Crippen LogP contribution in [0.2, 0.25) is 0 Å². The van der Waals surface area contributed by atoms with Crippen molar-refractivity contribution in [3.8, 4) is 11.8 Å². The van der Waals surface area contributed by atoms with Crippen LogP contribution in [-0.4, -0.2) is 22.8 Å². The van der Waals surface area contributed by atoms with E-state index in [2.05, 4.69) is 9.97 Å². The van der Waals surface area contributed by atoms with Gasteiger partial charge < -0.3 is 4.74 Å². The van der Waals surface area contributed by atoms with Crippen LogP contribution in [0.15, 0.2) is 24.5 Å². The smallest absolute Gasteiger partial charge is 0.168 e. The molecule has 0 fully saturated rings. The quantitative estimate of drug-likeness (QED) is 0.865. The average Bonchev–Trinajstić information content (AvgIpc) is 2.46. The molecule has 0 aliphatic heterocycles. The molecule has 1 aromatic heterocycles. The lowest BCUT2D eigenvalue weighted by Gasteiger charge is -2.12. The van der Waals surface area contributed by atoms with Crippen molar-refractivity contribution in [2.75, 3.05) is 7.11 Å². The van der Waals surface area contributed by atoms with Gasteiger partial charge in [-0.15, -0.1) is 0 Å². The van der Waals surface area contributed by atoms with Crippen molar-refractivity contribution >= 4 is 5.71 Å². The highest BCUT2D eigenvalue weighted by atomic mass is 16.5. The van der Waals surface area contributed by atoms with Crippen LogP contribution in [-0.2, 0) is 0 Å². The van der Waals surface area contributed by atoms with E-state index in [4.69, 9.17) is 15.4 Å². The Kier molecular flexibility index (Phi) is 3.76. The molecule has 0 saturated heterocycles. The summed E-state index contributed by atoms with van der Waals surface area (Å²) in [6, 6.07) is 5.66. The summed E-state index contributed by atoms with van der Waals surface area (Å²) >= 11 is 0. The zero-order chi connectivity index (χ0) is 14.7. The van der Waals surface area contributed by atoms with Gasteiger partial charge in [-0.2, -0.15) is 5.26 Å². The van der Waals surface area contributed by atoms with Crippen LogP contribution in [0.4, 0.5) is 0 Å². The zero-order valence-corrected chi connectivity index (χ0v) is 11.6. The van der Waals surface area contributed by atoms with E-state index < -0.39 is 0 Å². The summed E-state index contributed by atoms with van der Waals surface area (Å²) in [7, 11) is 1.62. The Morgan fingerprint density at radius 2 is 1.80 bits per heavy atom. The minimum atomic E-state index is 0.156. The highest BCUT2D eigenvalue weighted by Crippen LogP contribution is 2.25. The number of ether oxygens (including phenoxy) is 1. The van der Waals surface area contributed by atoms with Gasteiger partial charge in [0.1, 0.15) is 17.5 Å². The number of rotatable bonds is 3. The van der Waals surface area contributed by atoms with Crippen LogP contribution >= 0.6 is 0 Å². The Hall–Kier alpha value is -2.74. The number of aryl methyl sites for hydroxylation is 2. The fourth-order valence-corrected chi connectivity index (χ4v) is 2.16. The molecule has 0 bridgehead atoms. The van der Waals surface area contributed by atoms with Crippen LogP contribution in [0.5, 0.6) is 5.75 Å². The normalized spacial score (nSPS) is 9.90. The first-order valence-corrected chi connectivity index (χ1v) is 6.04. The summed E-state index contributed by atoms with van der Waals surface area (Å²) in [6.07, 6.45) is 2.92. The van der Waals surface area contributed by atoms with E-state index in [9.17, 15) is 0 Å². The van der Waals surface area contributed by atoms with E-state index >= 15 is 0 Å². The number of methoxy groups -OCH3 is 1. The standard InChI is InChI=1S/C15H14N4O/c1-9-6-11(7-10(2)15(9)20-3)13(17)14-12(8-16)18-4-5-19-14/h4-7,17H,1-3H3. The predicted octanol–water partition coefficient (Wildman–Crippen LogP) is 2.39. The maximum Gasteiger partial charge on any atom is 0.168 e. The Morgan fingerprint density at radius 3 is 2.35 bits per heavy atom. The first kappa shape index (κ1) is 13.7. The van der Waals surface area contributed by atoms with Crippen LogP contribution in [0.3, 0.4) is 0 Å². The third-order valence-electron chi connectivity index (χ3n) is 2.99. The highest BCUT2D eigenvalue weighted by molar-refractivity contribution is 6.10. The third-order valence-corrected chi connectivity index (χ3v) is 2.99. The summed E-state index contributed by atoms with van der Waals surface area (Å²) in [5, 5.41) is 17.3. The number of nitrogens with one attached hydrogen (secondary N) is 1. The molecule has 0 saturated carbocycles. The van der Waals surface area contributed by atoms with Gasteiger partial charge in [0.25, 0.3) is 0 Å². The van der Waals surface area contributed by atoms with Crippen LogP contribution in [0.25, 0.3) is 0 Å². The average molecular weight is 266 g/mol. The number of nitriles is 1. The molecule has 0 radical (unpaired) electrons. The number of nitrogens with zero attached hydrogens (tertiary/aromatic N) is 3. The minimum absolute atomic E-state index is 0.156. The van der Waals surface area contributed by atoms with Gasteiger partial charge in [-0.1, -0.05) is 0 Å². The van der Waals surface area contributed by atoms with Gasteiger partial charge in [0.2, 0.25) is 0 Å². The molecule has 20 heavy (non-hydrogen) atoms. The van der Waals surface area contributed by atoms with Gasteiger partial charge >= 0.3 is 0 Å². The van der Waals surface area contributed by atoms with Crippen molar-refractivity contribution in [1.29, 1.82) is 10.7 Å². The van der Waals surface area contributed by atoms with E-state index in [0.717, 1.165) is 16.9 Å². The van der Waals surface area contributed by atoms with E-state index in [1.807, 2.05) is 32.0 Å². The highest BCUT2D eigenvalue weighted by Gasteiger charge is 2.15. The van der Waals surface area contributed by atoms with E-state index in [-0.39, 0.29) is 11.4 Å². The van der Waals surface area contributed by atoms with Gasteiger partial charge in [0.05, 0.1) is 12.8 Å². The van der Waals surface area contributed by atoms with Crippen molar-refractivity contribution in [3.63, 3.8) is 0 Å². The van der Waals surface area contributed by atoms with Gasteiger partial charge in [-0.25, -0.2) is 9.97 Å². The Morgan fingerprint density at radius 1 is 1.20 bits per heavy atom. The number of aromatic nitrogens is 2. The van der Waals surface area contributed by atoms with E-state index in [0.29, 0.717) is 11.3 Å². The molecule has 5 heteroatoms. The number of benzene rings is 1. The second-order valence-electron chi connectivity index (χ2n) is 4.38. The maximum atomic E-state index is 9.04. The zero-order valence-electron chi connectivity index (χ0n) is 11.6. The predicted molar refractivity (Wildman–Crippen MR) is 75.1 cm³/mol. The van der Waals surface area contributed by atoms with Gasteiger partial charge in [0, 0.05) is 18.0 Å². The van der Waals surface area contributed by atoms with Crippen LogP contribution < -0.4 is 4.74 Å². The molecule has 1 N–H and O–H groups in total. The molecule has 2 aromatic rings. The lowest BCUT2D eigenvalue weighted by atomic mass is 10.00. The van der Waals surface area contributed by atoms with Crippen molar-refractivity contribution in [3.05, 3.63) is 52.6 Å². The van der Waals surface area contributed by atoms with E-state index in [1.165, 1.54) is 12.4 Å². The molecule has 2 rings (SSSR count). The van der Waals surface area contributed by atoms with Gasteiger partial charge in [-0.05, 0) is 37.1 Å². The molecular formula is C15H14N4O. The minimum Gasteiger partial charge on any atom is -0.496 e. The maximum absolute atomic E-state index is 9.04. The van der Waals surface area contributed by atoms with Crippen molar-refractivity contribution in [2.45, 2.75) is 13.8 Å². The molecule has 0 atom stereocenters.